The van der Waals surface area contributed by atoms with Crippen LogP contribution in [0.4, 0.5) is 0 Å². The van der Waals surface area contributed by atoms with Gasteiger partial charge in [0.05, 0.1) is 7.11 Å². The van der Waals surface area contributed by atoms with Crippen LogP contribution in [0.1, 0.15) is 25.3 Å². The highest BCUT2D eigenvalue weighted by Gasteiger charge is 2.24. The Morgan fingerprint density at radius 2 is 2.28 bits per heavy atom. The number of nitrogens with two attached hydrogens (primary N) is 1. The largest absolute Gasteiger partial charge is 0.481 e. The summed E-state index contributed by atoms with van der Waals surface area (Å²) in [5.74, 6) is 1.32. The van der Waals surface area contributed by atoms with Crippen molar-refractivity contribution < 1.29 is 4.74 Å². The highest BCUT2D eigenvalue weighted by atomic mass is 16.5. The van der Waals surface area contributed by atoms with E-state index in [1.807, 2.05) is 12.3 Å². The Bertz CT molecular complexity index is 366. The van der Waals surface area contributed by atoms with Crippen LogP contribution in [0.3, 0.4) is 0 Å². The van der Waals surface area contributed by atoms with E-state index in [1.165, 1.54) is 18.4 Å². The fourth-order valence-corrected chi connectivity index (χ4v) is 2.53. The topological polar surface area (TPSA) is 51.4 Å². The molecule has 0 saturated carbocycles. The first-order chi connectivity index (χ1) is 8.72. The summed E-state index contributed by atoms with van der Waals surface area (Å²) in [7, 11) is 1.64. The van der Waals surface area contributed by atoms with E-state index in [-0.39, 0.29) is 0 Å². The molecule has 4 heteroatoms. The van der Waals surface area contributed by atoms with Gasteiger partial charge < -0.3 is 10.5 Å². The summed E-state index contributed by atoms with van der Waals surface area (Å²) in [5.41, 5.74) is 7.02. The van der Waals surface area contributed by atoms with Crippen molar-refractivity contribution in [3.63, 3.8) is 0 Å². The van der Waals surface area contributed by atoms with Crippen molar-refractivity contribution in [3.05, 3.63) is 23.9 Å². The Morgan fingerprint density at radius 3 is 2.89 bits per heavy atom. The minimum atomic E-state index is 0.634. The summed E-state index contributed by atoms with van der Waals surface area (Å²) in [4.78, 5) is 6.76. The monoisotopic (exact) mass is 249 g/mol. The van der Waals surface area contributed by atoms with Gasteiger partial charge in [-0.05, 0) is 37.8 Å². The zero-order valence-corrected chi connectivity index (χ0v) is 11.3. The molecule has 1 saturated heterocycles. The molecule has 0 aromatic carbocycles. The lowest BCUT2D eigenvalue weighted by Gasteiger charge is -2.37. The second kappa shape index (κ2) is 6.16. The summed E-state index contributed by atoms with van der Waals surface area (Å²) in [5, 5.41) is 0. The van der Waals surface area contributed by atoms with Crippen LogP contribution in [-0.4, -0.2) is 36.1 Å². The lowest BCUT2D eigenvalue weighted by Crippen LogP contribution is -2.43. The molecule has 1 aromatic rings. The van der Waals surface area contributed by atoms with Crippen LogP contribution in [-0.2, 0) is 6.54 Å². The maximum absolute atomic E-state index is 5.79. The predicted octanol–water partition coefficient (Wildman–Crippen LogP) is 1.65. The highest BCUT2D eigenvalue weighted by Crippen LogP contribution is 2.23. The Kier molecular flexibility index (Phi) is 4.55. The zero-order valence-electron chi connectivity index (χ0n) is 11.3. The van der Waals surface area contributed by atoms with E-state index in [4.69, 9.17) is 10.5 Å². The van der Waals surface area contributed by atoms with Gasteiger partial charge in [-0.2, -0.15) is 0 Å². The molecule has 18 heavy (non-hydrogen) atoms. The van der Waals surface area contributed by atoms with Gasteiger partial charge in [0, 0.05) is 31.4 Å². The molecule has 0 bridgehead atoms. The number of hydrogen-bond acceptors (Lipinski definition) is 4. The first-order valence-corrected chi connectivity index (χ1v) is 6.66. The molecule has 2 N–H and O–H groups in total. The second-order valence-electron chi connectivity index (χ2n) is 5.17. The number of hydrogen-bond donors (Lipinski definition) is 1. The summed E-state index contributed by atoms with van der Waals surface area (Å²) in [6.07, 6.45) is 4.40. The highest BCUT2D eigenvalue weighted by molar-refractivity contribution is 5.17. The molecule has 1 aromatic heterocycles. The molecule has 1 aliphatic rings. The molecule has 2 rings (SSSR count). The molecule has 1 fully saturated rings. The Labute approximate surface area is 109 Å². The molecule has 0 radical (unpaired) electrons. The van der Waals surface area contributed by atoms with Gasteiger partial charge in [0.1, 0.15) is 0 Å². The summed E-state index contributed by atoms with van der Waals surface area (Å²) in [6.45, 7) is 5.14. The summed E-state index contributed by atoms with van der Waals surface area (Å²) >= 11 is 0. The van der Waals surface area contributed by atoms with E-state index in [0.29, 0.717) is 17.8 Å². The van der Waals surface area contributed by atoms with Gasteiger partial charge >= 0.3 is 0 Å². The van der Waals surface area contributed by atoms with Crippen molar-refractivity contribution >= 4 is 0 Å². The molecule has 0 aliphatic carbocycles. The zero-order chi connectivity index (χ0) is 13.0. The number of rotatable bonds is 4. The number of methoxy groups -OCH3 is 1. The number of nitrogens with zero attached hydrogens (tertiary/aromatic N) is 2. The van der Waals surface area contributed by atoms with Gasteiger partial charge in [-0.15, -0.1) is 0 Å². The molecule has 2 unspecified atom stereocenters. The maximum atomic E-state index is 5.79. The normalized spacial score (nSPS) is 25.1. The van der Waals surface area contributed by atoms with E-state index in [1.54, 1.807) is 7.11 Å². The van der Waals surface area contributed by atoms with Crippen LogP contribution in [0.25, 0.3) is 0 Å². The molecule has 1 aliphatic heterocycles. The third kappa shape index (κ3) is 3.21. The van der Waals surface area contributed by atoms with Gasteiger partial charge in [0.15, 0.2) is 0 Å². The standard InChI is InChI=1S/C14H23N3O/c1-11-3-4-12(7-15)9-17(11)10-13-5-6-14(18-2)16-8-13/h5-6,8,11-12H,3-4,7,9-10,15H2,1-2H3. The fraction of sp³-hybridized carbons (Fsp3) is 0.643. The minimum Gasteiger partial charge on any atom is -0.481 e. The fourth-order valence-electron chi connectivity index (χ4n) is 2.53. The van der Waals surface area contributed by atoms with Crippen LogP contribution in [0.15, 0.2) is 18.3 Å². The van der Waals surface area contributed by atoms with Crippen molar-refractivity contribution in [2.75, 3.05) is 20.2 Å². The third-order valence-corrected chi connectivity index (χ3v) is 3.83. The lowest BCUT2D eigenvalue weighted by atomic mass is 9.93. The van der Waals surface area contributed by atoms with Crippen molar-refractivity contribution in [2.24, 2.45) is 11.7 Å². The van der Waals surface area contributed by atoms with Crippen molar-refractivity contribution in [2.45, 2.75) is 32.4 Å². The molecule has 2 atom stereocenters. The lowest BCUT2D eigenvalue weighted by molar-refractivity contribution is 0.113. The van der Waals surface area contributed by atoms with Crippen LogP contribution in [0.2, 0.25) is 0 Å². The molecule has 100 valence electrons. The van der Waals surface area contributed by atoms with Gasteiger partial charge in [0.2, 0.25) is 5.88 Å². The van der Waals surface area contributed by atoms with E-state index >= 15 is 0 Å². The first-order valence-electron chi connectivity index (χ1n) is 6.66. The van der Waals surface area contributed by atoms with Crippen LogP contribution in [0, 0.1) is 5.92 Å². The van der Waals surface area contributed by atoms with Gasteiger partial charge in [-0.3, -0.25) is 4.90 Å². The van der Waals surface area contributed by atoms with E-state index in [2.05, 4.69) is 22.9 Å². The van der Waals surface area contributed by atoms with E-state index < -0.39 is 0 Å². The Hall–Kier alpha value is -1.13. The maximum Gasteiger partial charge on any atom is 0.212 e. The molecule has 4 nitrogen and oxygen atoms in total. The predicted molar refractivity (Wildman–Crippen MR) is 72.4 cm³/mol. The number of piperidine rings is 1. The first kappa shape index (κ1) is 13.3. The Balaban J connectivity index is 1.97. The summed E-state index contributed by atoms with van der Waals surface area (Å²) in [6, 6.07) is 4.64. The number of ether oxygens (including phenoxy) is 1. The smallest absolute Gasteiger partial charge is 0.212 e. The van der Waals surface area contributed by atoms with Crippen LogP contribution in [0.5, 0.6) is 5.88 Å². The number of aromatic nitrogens is 1. The third-order valence-electron chi connectivity index (χ3n) is 3.83. The number of likely N-dealkylation sites (tertiary alicyclic amines) is 1. The van der Waals surface area contributed by atoms with Crippen molar-refractivity contribution in [1.82, 2.24) is 9.88 Å². The Morgan fingerprint density at radius 1 is 1.44 bits per heavy atom. The average molecular weight is 249 g/mol. The van der Waals surface area contributed by atoms with Gasteiger partial charge in [-0.1, -0.05) is 6.07 Å². The van der Waals surface area contributed by atoms with Crippen molar-refractivity contribution in [1.29, 1.82) is 0 Å². The van der Waals surface area contributed by atoms with E-state index in [0.717, 1.165) is 19.6 Å². The second-order valence-corrected chi connectivity index (χ2v) is 5.17. The molecule has 0 spiro atoms. The van der Waals surface area contributed by atoms with Crippen LogP contribution < -0.4 is 10.5 Å². The quantitative estimate of drug-likeness (QED) is 0.881. The van der Waals surface area contributed by atoms with Crippen molar-refractivity contribution in [3.8, 4) is 5.88 Å². The molecular weight excluding hydrogens is 226 g/mol. The van der Waals surface area contributed by atoms with Crippen LogP contribution >= 0.6 is 0 Å². The minimum absolute atomic E-state index is 0.634. The summed E-state index contributed by atoms with van der Waals surface area (Å²) < 4.78 is 5.07. The molecule has 0 amide bonds. The SMILES string of the molecule is COc1ccc(CN2CC(CN)CCC2C)cn1. The van der Waals surface area contributed by atoms with Gasteiger partial charge in [0.25, 0.3) is 0 Å². The molecule has 2 heterocycles. The van der Waals surface area contributed by atoms with Gasteiger partial charge in [-0.25, -0.2) is 4.98 Å². The van der Waals surface area contributed by atoms with E-state index in [9.17, 15) is 0 Å². The molecular formula is C14H23N3O. The number of pyridine rings is 1. The average Bonchev–Trinajstić information content (AvgIpc) is 2.42.